The minimum atomic E-state index is -0.518. The lowest BCUT2D eigenvalue weighted by Gasteiger charge is -2.26. The smallest absolute Gasteiger partial charge is 0.310 e. The molecule has 1 amide bonds. The number of nitrogens with one attached hydrogen (secondary N) is 1. The molecule has 6 heteroatoms. The van der Waals surface area contributed by atoms with E-state index in [1.165, 1.54) is 12.1 Å². The van der Waals surface area contributed by atoms with E-state index in [1.807, 2.05) is 0 Å². The van der Waals surface area contributed by atoms with E-state index in [1.54, 1.807) is 12.1 Å². The molecule has 0 aromatic heterocycles. The molecule has 0 aliphatic heterocycles. The van der Waals surface area contributed by atoms with E-state index in [9.17, 15) is 14.9 Å². The molecule has 2 rings (SSSR count). The van der Waals surface area contributed by atoms with Gasteiger partial charge in [0.2, 0.25) is 0 Å². The highest BCUT2D eigenvalue weighted by Gasteiger charge is 2.20. The van der Waals surface area contributed by atoms with Crippen molar-refractivity contribution in [1.29, 1.82) is 0 Å². The third kappa shape index (κ3) is 4.44. The molecule has 1 N–H and O–H groups in total. The third-order valence-corrected chi connectivity index (χ3v) is 3.80. The zero-order valence-electron chi connectivity index (χ0n) is 12.1. The normalized spacial score (nSPS) is 21.6. The van der Waals surface area contributed by atoms with Gasteiger partial charge < -0.3 is 10.1 Å². The van der Waals surface area contributed by atoms with E-state index in [-0.39, 0.29) is 30.0 Å². The minimum Gasteiger partial charge on any atom is -0.477 e. The van der Waals surface area contributed by atoms with Crippen LogP contribution in [-0.2, 0) is 4.79 Å². The molecule has 0 unspecified atom stereocenters. The van der Waals surface area contributed by atoms with Crippen LogP contribution in [-0.4, -0.2) is 23.5 Å². The van der Waals surface area contributed by atoms with Crippen molar-refractivity contribution < 1.29 is 14.5 Å². The summed E-state index contributed by atoms with van der Waals surface area (Å²) in [5, 5.41) is 13.8. The van der Waals surface area contributed by atoms with E-state index >= 15 is 0 Å². The Morgan fingerprint density at radius 2 is 2.00 bits per heavy atom. The van der Waals surface area contributed by atoms with E-state index in [0.29, 0.717) is 0 Å². The Labute approximate surface area is 123 Å². The average Bonchev–Trinajstić information content (AvgIpc) is 2.48. The molecule has 0 spiro atoms. The number of amides is 1. The summed E-state index contributed by atoms with van der Waals surface area (Å²) in [6, 6.07) is 6.25. The lowest BCUT2D eigenvalue weighted by atomic mass is 9.87. The van der Waals surface area contributed by atoms with E-state index in [4.69, 9.17) is 4.74 Å². The van der Waals surface area contributed by atoms with Crippen LogP contribution in [0.3, 0.4) is 0 Å². The van der Waals surface area contributed by atoms with E-state index in [2.05, 4.69) is 12.2 Å². The van der Waals surface area contributed by atoms with Crippen molar-refractivity contribution in [1.82, 2.24) is 5.32 Å². The first-order chi connectivity index (χ1) is 10.1. The van der Waals surface area contributed by atoms with Crippen LogP contribution < -0.4 is 10.1 Å². The van der Waals surface area contributed by atoms with Crippen LogP contribution in [0.4, 0.5) is 5.69 Å². The van der Waals surface area contributed by atoms with Crippen molar-refractivity contribution in [3.63, 3.8) is 0 Å². The number of ether oxygens (including phenoxy) is 1. The van der Waals surface area contributed by atoms with Crippen molar-refractivity contribution in [2.24, 2.45) is 5.92 Å². The molecular weight excluding hydrogens is 272 g/mol. The van der Waals surface area contributed by atoms with Crippen LogP contribution in [0.25, 0.3) is 0 Å². The number of nitrogens with zero attached hydrogens (tertiary/aromatic N) is 1. The summed E-state index contributed by atoms with van der Waals surface area (Å²) >= 11 is 0. The van der Waals surface area contributed by atoms with Crippen molar-refractivity contribution in [2.75, 3.05) is 6.61 Å². The zero-order chi connectivity index (χ0) is 15.2. The molecule has 1 aromatic carbocycles. The molecule has 0 bridgehead atoms. The number of carbonyl (C=O) groups is 1. The quantitative estimate of drug-likeness (QED) is 0.668. The second-order valence-corrected chi connectivity index (χ2v) is 5.54. The molecular formula is C15H20N2O4. The largest absolute Gasteiger partial charge is 0.477 e. The van der Waals surface area contributed by atoms with Crippen LogP contribution >= 0.6 is 0 Å². The molecule has 0 heterocycles. The summed E-state index contributed by atoms with van der Waals surface area (Å²) in [4.78, 5) is 22.2. The Morgan fingerprint density at radius 3 is 2.67 bits per heavy atom. The second kappa shape index (κ2) is 7.06. The SMILES string of the molecule is CC1CCC(NC(=O)COc2ccccc2[N+](=O)[O-])CC1. The summed E-state index contributed by atoms with van der Waals surface area (Å²) in [7, 11) is 0. The van der Waals surface area contributed by atoms with Gasteiger partial charge in [-0.1, -0.05) is 19.1 Å². The van der Waals surface area contributed by atoms with Gasteiger partial charge in [-0.2, -0.15) is 0 Å². The molecule has 1 aliphatic carbocycles. The summed E-state index contributed by atoms with van der Waals surface area (Å²) < 4.78 is 5.27. The summed E-state index contributed by atoms with van der Waals surface area (Å²) in [5.41, 5.74) is -0.128. The monoisotopic (exact) mass is 292 g/mol. The van der Waals surface area contributed by atoms with Gasteiger partial charge in [0, 0.05) is 12.1 Å². The summed E-state index contributed by atoms with van der Waals surface area (Å²) in [6.45, 7) is 2.02. The highest BCUT2D eigenvalue weighted by Crippen LogP contribution is 2.26. The van der Waals surface area contributed by atoms with Gasteiger partial charge >= 0.3 is 5.69 Å². The lowest BCUT2D eigenvalue weighted by molar-refractivity contribution is -0.385. The highest BCUT2D eigenvalue weighted by atomic mass is 16.6. The number of hydrogen-bond donors (Lipinski definition) is 1. The van der Waals surface area contributed by atoms with Crippen molar-refractivity contribution in [2.45, 2.75) is 38.6 Å². The topological polar surface area (TPSA) is 81.5 Å². The number of para-hydroxylation sites is 2. The van der Waals surface area contributed by atoms with Gasteiger partial charge in [-0.3, -0.25) is 14.9 Å². The predicted molar refractivity (Wildman–Crippen MR) is 78.2 cm³/mol. The first-order valence-electron chi connectivity index (χ1n) is 7.22. The maximum atomic E-state index is 11.8. The number of hydrogen-bond acceptors (Lipinski definition) is 4. The van der Waals surface area contributed by atoms with Gasteiger partial charge in [-0.05, 0) is 37.7 Å². The van der Waals surface area contributed by atoms with Crippen LogP contribution in [0.5, 0.6) is 5.75 Å². The molecule has 1 aliphatic rings. The number of nitro groups is 1. The predicted octanol–water partition coefficient (Wildman–Crippen LogP) is 2.67. The first-order valence-corrected chi connectivity index (χ1v) is 7.22. The molecule has 0 saturated heterocycles. The molecule has 6 nitrogen and oxygen atoms in total. The lowest BCUT2D eigenvalue weighted by Crippen LogP contribution is -2.39. The molecule has 1 fully saturated rings. The third-order valence-electron chi connectivity index (χ3n) is 3.80. The Bertz CT molecular complexity index is 510. The maximum absolute atomic E-state index is 11.8. The van der Waals surface area contributed by atoms with Gasteiger partial charge in [0.15, 0.2) is 12.4 Å². The van der Waals surface area contributed by atoms with Gasteiger partial charge in [0.25, 0.3) is 5.91 Å². The second-order valence-electron chi connectivity index (χ2n) is 5.54. The van der Waals surface area contributed by atoms with E-state index < -0.39 is 4.92 Å². The van der Waals surface area contributed by atoms with E-state index in [0.717, 1.165) is 31.6 Å². The number of nitro benzene ring substituents is 1. The molecule has 0 radical (unpaired) electrons. The molecule has 0 atom stereocenters. The number of rotatable bonds is 5. The Balaban J connectivity index is 1.83. The van der Waals surface area contributed by atoms with Gasteiger partial charge in [-0.15, -0.1) is 0 Å². The minimum absolute atomic E-state index is 0.120. The van der Waals surface area contributed by atoms with Crippen LogP contribution in [0.2, 0.25) is 0 Å². The average molecular weight is 292 g/mol. The summed E-state index contributed by atoms with van der Waals surface area (Å²) in [5.74, 6) is 0.615. The van der Waals surface area contributed by atoms with Crippen LogP contribution in [0.15, 0.2) is 24.3 Å². The maximum Gasteiger partial charge on any atom is 0.310 e. The zero-order valence-corrected chi connectivity index (χ0v) is 12.1. The summed E-state index contributed by atoms with van der Waals surface area (Å²) in [6.07, 6.45) is 4.21. The fourth-order valence-electron chi connectivity index (χ4n) is 2.55. The number of carbonyl (C=O) groups excluding carboxylic acids is 1. The Hall–Kier alpha value is -2.11. The van der Waals surface area contributed by atoms with Crippen molar-refractivity contribution in [3.8, 4) is 5.75 Å². The van der Waals surface area contributed by atoms with Crippen LogP contribution in [0, 0.1) is 16.0 Å². The van der Waals surface area contributed by atoms with Crippen molar-refractivity contribution >= 4 is 11.6 Å². The van der Waals surface area contributed by atoms with Gasteiger partial charge in [0.1, 0.15) is 0 Å². The Kier molecular flexibility index (Phi) is 5.14. The van der Waals surface area contributed by atoms with Crippen LogP contribution in [0.1, 0.15) is 32.6 Å². The molecule has 1 aromatic rings. The Morgan fingerprint density at radius 1 is 1.33 bits per heavy atom. The fraction of sp³-hybridized carbons (Fsp3) is 0.533. The van der Waals surface area contributed by atoms with Crippen molar-refractivity contribution in [3.05, 3.63) is 34.4 Å². The number of benzene rings is 1. The molecule has 21 heavy (non-hydrogen) atoms. The molecule has 114 valence electrons. The van der Waals surface area contributed by atoms with Gasteiger partial charge in [-0.25, -0.2) is 0 Å². The van der Waals surface area contributed by atoms with Gasteiger partial charge in [0.05, 0.1) is 4.92 Å². The standard InChI is InChI=1S/C15H20N2O4/c1-11-6-8-12(9-7-11)16-15(18)10-21-14-5-3-2-4-13(14)17(19)20/h2-5,11-12H,6-10H2,1H3,(H,16,18). The fourth-order valence-corrected chi connectivity index (χ4v) is 2.55. The molecule has 1 saturated carbocycles. The first kappa shape index (κ1) is 15.3. The highest BCUT2D eigenvalue weighted by molar-refractivity contribution is 5.78.